The lowest BCUT2D eigenvalue weighted by atomic mass is 10.2. The van der Waals surface area contributed by atoms with Gasteiger partial charge < -0.3 is 9.67 Å². The van der Waals surface area contributed by atoms with Crippen molar-refractivity contribution in [3.63, 3.8) is 0 Å². The second-order valence-electron chi connectivity index (χ2n) is 4.61. The van der Waals surface area contributed by atoms with E-state index in [0.717, 1.165) is 28.3 Å². The number of fused-ring (bicyclic) bond motifs is 1. The topological polar surface area (TPSA) is 38.0 Å². The van der Waals surface area contributed by atoms with Crippen LogP contribution in [0.4, 0.5) is 0 Å². The summed E-state index contributed by atoms with van der Waals surface area (Å²) in [4.78, 5) is 5.43. The predicted molar refractivity (Wildman–Crippen MR) is 83.4 cm³/mol. The molecule has 3 aromatic rings. The molecule has 2 heterocycles. The Bertz CT molecular complexity index is 734. The van der Waals surface area contributed by atoms with Crippen LogP contribution in [0.1, 0.15) is 23.7 Å². The predicted octanol–water partition coefficient (Wildman–Crippen LogP) is 4.05. The summed E-state index contributed by atoms with van der Waals surface area (Å²) in [6.07, 6.45) is -0.132. The second kappa shape index (κ2) is 5.56. The largest absolute Gasteiger partial charge is 0.387 e. The van der Waals surface area contributed by atoms with Crippen LogP contribution in [0, 0.1) is 0 Å². The van der Waals surface area contributed by atoms with Crippen LogP contribution in [0.15, 0.2) is 35.7 Å². The van der Waals surface area contributed by atoms with Gasteiger partial charge in [-0.15, -0.1) is 11.3 Å². The fourth-order valence-corrected chi connectivity index (χ4v) is 3.61. The van der Waals surface area contributed by atoms with Gasteiger partial charge in [-0.2, -0.15) is 0 Å². The van der Waals surface area contributed by atoms with Gasteiger partial charge in [-0.25, -0.2) is 4.98 Å². The summed E-state index contributed by atoms with van der Waals surface area (Å²) in [5, 5.41) is 12.9. The number of thiophene rings is 1. The van der Waals surface area contributed by atoms with Crippen LogP contribution in [0.5, 0.6) is 0 Å². The van der Waals surface area contributed by atoms with E-state index in [2.05, 4.69) is 22.5 Å². The molecule has 1 unspecified atom stereocenters. The summed E-state index contributed by atoms with van der Waals surface area (Å²) in [6, 6.07) is 9.85. The van der Waals surface area contributed by atoms with Gasteiger partial charge in [0.15, 0.2) is 0 Å². The van der Waals surface area contributed by atoms with Gasteiger partial charge in [-0.3, -0.25) is 0 Å². The molecular weight excluding hydrogens is 292 g/mol. The van der Waals surface area contributed by atoms with E-state index in [-0.39, 0.29) is 0 Å². The van der Waals surface area contributed by atoms with Gasteiger partial charge in [0, 0.05) is 13.0 Å². The van der Waals surface area contributed by atoms with Crippen molar-refractivity contribution in [2.45, 2.75) is 26.0 Å². The Morgan fingerprint density at radius 2 is 2.15 bits per heavy atom. The zero-order chi connectivity index (χ0) is 14.1. The highest BCUT2D eigenvalue weighted by molar-refractivity contribution is 7.10. The number of halogens is 1. The third-order valence-corrected chi connectivity index (χ3v) is 4.83. The highest BCUT2D eigenvalue weighted by Gasteiger charge is 2.18. The van der Waals surface area contributed by atoms with E-state index in [4.69, 9.17) is 11.6 Å². The first-order valence-electron chi connectivity index (χ1n) is 6.55. The highest BCUT2D eigenvalue weighted by atomic mass is 35.5. The Hall–Kier alpha value is -1.36. The molecule has 1 N–H and O–H groups in total. The van der Waals surface area contributed by atoms with Crippen LogP contribution in [0.25, 0.3) is 11.0 Å². The molecule has 0 aliphatic rings. The maximum atomic E-state index is 10.4. The number of aryl methyl sites for hydroxylation is 1. The Balaban J connectivity index is 1.96. The number of aromatic nitrogens is 2. The first-order valence-corrected chi connectivity index (χ1v) is 7.81. The minimum Gasteiger partial charge on any atom is -0.387 e. The summed E-state index contributed by atoms with van der Waals surface area (Å²) < 4.78 is 2.14. The summed E-state index contributed by atoms with van der Waals surface area (Å²) in [5.41, 5.74) is 2.07. The number of aliphatic hydroxyl groups excluding tert-OH is 1. The molecule has 3 rings (SSSR count). The summed E-state index contributed by atoms with van der Waals surface area (Å²) in [7, 11) is 0. The SMILES string of the molecule is CCn1c(CC(O)c2sccc2Cl)nc2ccccc21. The van der Waals surface area contributed by atoms with Crippen LogP contribution < -0.4 is 0 Å². The molecule has 1 atom stereocenters. The summed E-state index contributed by atoms with van der Waals surface area (Å²) in [6.45, 7) is 2.92. The Morgan fingerprint density at radius 1 is 1.35 bits per heavy atom. The van der Waals surface area contributed by atoms with Crippen LogP contribution in [-0.2, 0) is 13.0 Å². The van der Waals surface area contributed by atoms with E-state index in [1.165, 1.54) is 11.3 Å². The number of para-hydroxylation sites is 2. The number of nitrogens with zero attached hydrogens (tertiary/aromatic N) is 2. The van der Waals surface area contributed by atoms with Crippen LogP contribution in [-0.4, -0.2) is 14.7 Å². The number of benzene rings is 1. The number of imidazole rings is 1. The molecular formula is C15H15ClN2OS. The molecule has 0 fully saturated rings. The van der Waals surface area contributed by atoms with E-state index in [1.807, 2.05) is 29.6 Å². The standard InChI is InChI=1S/C15H15ClN2OS/c1-2-18-12-6-4-3-5-11(12)17-14(18)9-13(19)15-10(16)7-8-20-15/h3-8,13,19H,2,9H2,1H3. The molecule has 0 saturated carbocycles. The van der Waals surface area contributed by atoms with Crippen molar-refractivity contribution in [2.75, 3.05) is 0 Å². The lowest BCUT2D eigenvalue weighted by molar-refractivity contribution is 0.178. The Labute approximate surface area is 126 Å². The minimum atomic E-state index is -0.607. The molecule has 5 heteroatoms. The first-order chi connectivity index (χ1) is 9.70. The van der Waals surface area contributed by atoms with Gasteiger partial charge in [0.25, 0.3) is 0 Å². The van der Waals surface area contributed by atoms with Crippen molar-refractivity contribution in [2.24, 2.45) is 0 Å². The average Bonchev–Trinajstić information content (AvgIpc) is 3.01. The van der Waals surface area contributed by atoms with Crippen molar-refractivity contribution in [3.8, 4) is 0 Å². The number of rotatable bonds is 4. The molecule has 0 aliphatic carbocycles. The maximum Gasteiger partial charge on any atom is 0.112 e. The van der Waals surface area contributed by atoms with Crippen molar-refractivity contribution in [1.82, 2.24) is 9.55 Å². The van der Waals surface area contributed by atoms with E-state index >= 15 is 0 Å². The highest BCUT2D eigenvalue weighted by Crippen LogP contribution is 2.31. The molecule has 104 valence electrons. The number of hydrogen-bond acceptors (Lipinski definition) is 3. The van der Waals surface area contributed by atoms with Crippen LogP contribution in [0.3, 0.4) is 0 Å². The lowest BCUT2D eigenvalue weighted by Crippen LogP contribution is -2.07. The van der Waals surface area contributed by atoms with E-state index < -0.39 is 6.10 Å². The third-order valence-electron chi connectivity index (χ3n) is 3.37. The Morgan fingerprint density at radius 3 is 2.85 bits per heavy atom. The monoisotopic (exact) mass is 306 g/mol. The molecule has 0 amide bonds. The zero-order valence-electron chi connectivity index (χ0n) is 11.1. The zero-order valence-corrected chi connectivity index (χ0v) is 12.7. The normalized spacial score (nSPS) is 12.9. The smallest absolute Gasteiger partial charge is 0.112 e. The molecule has 0 aliphatic heterocycles. The number of aliphatic hydroxyl groups is 1. The fourth-order valence-electron chi connectivity index (χ4n) is 2.44. The molecule has 2 aromatic heterocycles. The van der Waals surface area contributed by atoms with Gasteiger partial charge in [0.05, 0.1) is 27.0 Å². The molecule has 0 saturated heterocycles. The van der Waals surface area contributed by atoms with Crippen molar-refractivity contribution >= 4 is 34.0 Å². The maximum absolute atomic E-state index is 10.4. The lowest BCUT2D eigenvalue weighted by Gasteiger charge is -2.11. The van der Waals surface area contributed by atoms with Gasteiger partial charge in [0.2, 0.25) is 0 Å². The van der Waals surface area contributed by atoms with Gasteiger partial charge >= 0.3 is 0 Å². The summed E-state index contributed by atoms with van der Waals surface area (Å²) >= 11 is 7.55. The van der Waals surface area contributed by atoms with E-state index in [0.29, 0.717) is 11.4 Å². The van der Waals surface area contributed by atoms with Gasteiger partial charge in [-0.1, -0.05) is 23.7 Å². The minimum absolute atomic E-state index is 0.475. The molecule has 1 aromatic carbocycles. The average molecular weight is 307 g/mol. The van der Waals surface area contributed by atoms with Gasteiger partial charge in [0.1, 0.15) is 5.82 Å². The second-order valence-corrected chi connectivity index (χ2v) is 5.97. The molecule has 3 nitrogen and oxygen atoms in total. The van der Waals surface area contributed by atoms with Crippen molar-refractivity contribution in [1.29, 1.82) is 0 Å². The summed E-state index contributed by atoms with van der Waals surface area (Å²) in [5.74, 6) is 0.894. The van der Waals surface area contributed by atoms with Crippen molar-refractivity contribution in [3.05, 3.63) is 51.4 Å². The molecule has 20 heavy (non-hydrogen) atoms. The fraction of sp³-hybridized carbons (Fsp3) is 0.267. The van der Waals surface area contributed by atoms with Crippen LogP contribution in [0.2, 0.25) is 5.02 Å². The van der Waals surface area contributed by atoms with Gasteiger partial charge in [-0.05, 0) is 30.5 Å². The number of hydrogen-bond donors (Lipinski definition) is 1. The quantitative estimate of drug-likeness (QED) is 0.789. The Kier molecular flexibility index (Phi) is 3.78. The van der Waals surface area contributed by atoms with E-state index in [1.54, 1.807) is 0 Å². The third kappa shape index (κ3) is 2.35. The van der Waals surface area contributed by atoms with E-state index in [9.17, 15) is 5.11 Å². The van der Waals surface area contributed by atoms with Crippen LogP contribution >= 0.6 is 22.9 Å². The molecule has 0 spiro atoms. The first kappa shape index (κ1) is 13.6. The molecule has 0 radical (unpaired) electrons. The molecule has 0 bridgehead atoms. The van der Waals surface area contributed by atoms with Crippen molar-refractivity contribution < 1.29 is 5.11 Å².